The number of carbonyl (C=O) groups excluding carboxylic acids is 2. The SMILES string of the molecule is CCCCCCc1ccc(C(=O)N(CCC(C)C)Cc2nc(C(=O)OCC)cs2)cc1. The summed E-state index contributed by atoms with van der Waals surface area (Å²) < 4.78 is 5.02. The Kier molecular flexibility index (Phi) is 10.7. The van der Waals surface area contributed by atoms with Gasteiger partial charge in [-0.25, -0.2) is 9.78 Å². The summed E-state index contributed by atoms with van der Waals surface area (Å²) in [6.45, 7) is 9.66. The van der Waals surface area contributed by atoms with Crippen LogP contribution in [0, 0.1) is 5.92 Å². The summed E-state index contributed by atoms with van der Waals surface area (Å²) in [5.74, 6) is 0.0813. The molecule has 0 bridgehead atoms. The number of unbranched alkanes of at least 4 members (excludes halogenated alkanes) is 3. The third-order valence-electron chi connectivity index (χ3n) is 5.15. The first-order chi connectivity index (χ1) is 14.9. The molecule has 0 saturated carbocycles. The first kappa shape index (κ1) is 25.1. The van der Waals surface area contributed by atoms with Crippen molar-refractivity contribution in [2.75, 3.05) is 13.2 Å². The van der Waals surface area contributed by atoms with Gasteiger partial charge in [0.2, 0.25) is 0 Å². The second-order valence-electron chi connectivity index (χ2n) is 8.26. The zero-order valence-corrected chi connectivity index (χ0v) is 20.2. The van der Waals surface area contributed by atoms with Crippen molar-refractivity contribution in [3.63, 3.8) is 0 Å². The Hall–Kier alpha value is -2.21. The Morgan fingerprint density at radius 3 is 2.48 bits per heavy atom. The third kappa shape index (κ3) is 8.44. The number of thiazole rings is 1. The molecule has 6 heteroatoms. The lowest BCUT2D eigenvalue weighted by Gasteiger charge is -2.23. The number of hydrogen-bond donors (Lipinski definition) is 0. The normalized spacial score (nSPS) is 11.0. The number of nitrogens with zero attached hydrogens (tertiary/aromatic N) is 2. The predicted octanol–water partition coefficient (Wildman–Crippen LogP) is 6.13. The molecule has 1 heterocycles. The number of carbonyl (C=O) groups is 2. The minimum atomic E-state index is -0.417. The van der Waals surface area contributed by atoms with Crippen LogP contribution in [0.5, 0.6) is 0 Å². The summed E-state index contributed by atoms with van der Waals surface area (Å²) in [5.41, 5.74) is 2.29. The fraction of sp³-hybridized carbons (Fsp3) is 0.560. The highest BCUT2D eigenvalue weighted by Gasteiger charge is 2.19. The fourth-order valence-electron chi connectivity index (χ4n) is 3.26. The average Bonchev–Trinajstić information content (AvgIpc) is 3.23. The highest BCUT2D eigenvalue weighted by Crippen LogP contribution is 2.18. The van der Waals surface area contributed by atoms with Gasteiger partial charge in [0.1, 0.15) is 5.01 Å². The van der Waals surface area contributed by atoms with Crippen LogP contribution in [0.3, 0.4) is 0 Å². The fourth-order valence-corrected chi connectivity index (χ4v) is 4.04. The van der Waals surface area contributed by atoms with Crippen LogP contribution in [0.2, 0.25) is 0 Å². The number of rotatable bonds is 13. The second kappa shape index (κ2) is 13.3. The maximum atomic E-state index is 13.2. The van der Waals surface area contributed by atoms with E-state index in [9.17, 15) is 9.59 Å². The van der Waals surface area contributed by atoms with Crippen molar-refractivity contribution in [2.45, 2.75) is 72.8 Å². The van der Waals surface area contributed by atoms with Crippen molar-refractivity contribution in [1.29, 1.82) is 0 Å². The molecule has 0 saturated heterocycles. The van der Waals surface area contributed by atoms with Gasteiger partial charge in [0.15, 0.2) is 5.69 Å². The maximum absolute atomic E-state index is 13.2. The Bertz CT molecular complexity index is 814. The summed E-state index contributed by atoms with van der Waals surface area (Å²) in [5, 5.41) is 2.44. The number of aryl methyl sites for hydroxylation is 1. The van der Waals surface area contributed by atoms with Crippen LogP contribution in [0.1, 0.15) is 91.2 Å². The number of aromatic nitrogens is 1. The van der Waals surface area contributed by atoms with E-state index in [1.165, 1.54) is 42.6 Å². The van der Waals surface area contributed by atoms with Gasteiger partial charge >= 0.3 is 5.97 Å². The van der Waals surface area contributed by atoms with Crippen molar-refractivity contribution >= 4 is 23.2 Å². The summed E-state index contributed by atoms with van der Waals surface area (Å²) >= 11 is 1.39. The van der Waals surface area contributed by atoms with Crippen molar-refractivity contribution in [3.8, 4) is 0 Å². The van der Waals surface area contributed by atoms with E-state index in [0.717, 1.165) is 17.8 Å². The maximum Gasteiger partial charge on any atom is 0.357 e. The number of hydrogen-bond acceptors (Lipinski definition) is 5. The molecule has 0 aliphatic carbocycles. The standard InChI is InChI=1S/C25H36N2O3S/c1-5-7-8-9-10-20-11-13-21(14-12-20)24(28)27(16-15-19(3)4)17-23-26-22(18-31-23)25(29)30-6-2/h11-14,18-19H,5-10,15-17H2,1-4H3. The van der Waals surface area contributed by atoms with E-state index in [2.05, 4.69) is 37.9 Å². The van der Waals surface area contributed by atoms with Gasteiger partial charge in [-0.3, -0.25) is 4.79 Å². The first-order valence-electron chi connectivity index (χ1n) is 11.4. The Labute approximate surface area is 190 Å². The van der Waals surface area contributed by atoms with E-state index in [-0.39, 0.29) is 5.91 Å². The van der Waals surface area contributed by atoms with Crippen LogP contribution >= 0.6 is 11.3 Å². The number of esters is 1. The molecular weight excluding hydrogens is 408 g/mol. The third-order valence-corrected chi connectivity index (χ3v) is 5.98. The van der Waals surface area contributed by atoms with Gasteiger partial charge in [0.25, 0.3) is 5.91 Å². The molecule has 31 heavy (non-hydrogen) atoms. The number of ether oxygens (including phenoxy) is 1. The van der Waals surface area contributed by atoms with Gasteiger partial charge in [-0.15, -0.1) is 11.3 Å². The number of benzene rings is 1. The van der Waals surface area contributed by atoms with Gasteiger partial charge in [-0.2, -0.15) is 0 Å². The van der Waals surface area contributed by atoms with E-state index in [1.807, 2.05) is 17.0 Å². The van der Waals surface area contributed by atoms with Crippen LogP contribution in [-0.2, 0) is 17.7 Å². The first-order valence-corrected chi connectivity index (χ1v) is 12.3. The highest BCUT2D eigenvalue weighted by atomic mass is 32.1. The molecule has 0 N–H and O–H groups in total. The molecule has 0 spiro atoms. The van der Waals surface area contributed by atoms with E-state index >= 15 is 0 Å². The molecule has 170 valence electrons. The Morgan fingerprint density at radius 2 is 1.84 bits per heavy atom. The van der Waals surface area contributed by atoms with Crippen LogP contribution < -0.4 is 0 Å². The predicted molar refractivity (Wildman–Crippen MR) is 127 cm³/mol. The van der Waals surface area contributed by atoms with E-state index < -0.39 is 5.97 Å². The van der Waals surface area contributed by atoms with Crippen molar-refractivity contribution in [3.05, 3.63) is 51.5 Å². The van der Waals surface area contributed by atoms with Crippen molar-refractivity contribution in [1.82, 2.24) is 9.88 Å². The molecule has 0 unspecified atom stereocenters. The zero-order valence-electron chi connectivity index (χ0n) is 19.4. The van der Waals surface area contributed by atoms with Crippen LogP contribution in [0.15, 0.2) is 29.6 Å². The summed E-state index contributed by atoms with van der Waals surface area (Å²) in [6, 6.07) is 8.02. The quantitative estimate of drug-likeness (QED) is 0.275. The summed E-state index contributed by atoms with van der Waals surface area (Å²) in [7, 11) is 0. The number of amides is 1. The van der Waals surface area contributed by atoms with Gasteiger partial charge in [0, 0.05) is 17.5 Å². The molecule has 0 aliphatic heterocycles. The van der Waals surface area contributed by atoms with Crippen molar-refractivity contribution in [2.24, 2.45) is 5.92 Å². The smallest absolute Gasteiger partial charge is 0.357 e. The van der Waals surface area contributed by atoms with E-state index in [1.54, 1.807) is 12.3 Å². The van der Waals surface area contributed by atoms with Crippen LogP contribution in [-0.4, -0.2) is 34.9 Å². The zero-order chi connectivity index (χ0) is 22.6. The highest BCUT2D eigenvalue weighted by molar-refractivity contribution is 7.09. The largest absolute Gasteiger partial charge is 0.461 e. The molecule has 2 aromatic rings. The molecule has 0 aliphatic rings. The second-order valence-corrected chi connectivity index (χ2v) is 9.21. The van der Waals surface area contributed by atoms with E-state index in [0.29, 0.717) is 36.9 Å². The topological polar surface area (TPSA) is 59.5 Å². The van der Waals surface area contributed by atoms with Gasteiger partial charge < -0.3 is 9.64 Å². The van der Waals surface area contributed by atoms with Crippen molar-refractivity contribution < 1.29 is 14.3 Å². The van der Waals surface area contributed by atoms with Gasteiger partial charge in [0.05, 0.1) is 13.2 Å². The lowest BCUT2D eigenvalue weighted by molar-refractivity contribution is 0.0520. The Morgan fingerprint density at radius 1 is 1.10 bits per heavy atom. The summed E-state index contributed by atoms with van der Waals surface area (Å²) in [6.07, 6.45) is 6.92. The minimum Gasteiger partial charge on any atom is -0.461 e. The van der Waals surface area contributed by atoms with Crippen LogP contribution in [0.25, 0.3) is 0 Å². The molecule has 1 aromatic heterocycles. The molecule has 5 nitrogen and oxygen atoms in total. The van der Waals surface area contributed by atoms with Gasteiger partial charge in [-0.1, -0.05) is 52.2 Å². The van der Waals surface area contributed by atoms with Gasteiger partial charge in [-0.05, 0) is 49.8 Å². The lowest BCUT2D eigenvalue weighted by Crippen LogP contribution is -2.32. The summed E-state index contributed by atoms with van der Waals surface area (Å²) in [4.78, 5) is 31.3. The lowest BCUT2D eigenvalue weighted by atomic mass is 10.0. The molecule has 0 atom stereocenters. The molecule has 1 amide bonds. The molecule has 2 rings (SSSR count). The monoisotopic (exact) mass is 444 g/mol. The van der Waals surface area contributed by atoms with Crippen LogP contribution in [0.4, 0.5) is 0 Å². The molecular formula is C25H36N2O3S. The minimum absolute atomic E-state index is 0.00562. The Balaban J connectivity index is 2.06. The molecule has 0 radical (unpaired) electrons. The van der Waals surface area contributed by atoms with E-state index in [4.69, 9.17) is 4.74 Å². The average molecular weight is 445 g/mol. The molecule has 0 fully saturated rings. The molecule has 1 aromatic carbocycles.